The first-order valence-corrected chi connectivity index (χ1v) is 6.54. The Hall–Kier alpha value is -1.46. The molecule has 0 aliphatic heterocycles. The van der Waals surface area contributed by atoms with Crippen LogP contribution in [0.2, 0.25) is 0 Å². The van der Waals surface area contributed by atoms with Gasteiger partial charge in [-0.15, -0.1) is 11.3 Å². The quantitative estimate of drug-likeness (QED) is 0.900. The van der Waals surface area contributed by atoms with Gasteiger partial charge in [0, 0.05) is 24.1 Å². The summed E-state index contributed by atoms with van der Waals surface area (Å²) in [6, 6.07) is 6.82. The second-order valence-electron chi connectivity index (χ2n) is 4.02. The van der Waals surface area contributed by atoms with Crippen molar-refractivity contribution in [2.24, 2.45) is 0 Å². The number of hydrogen-bond acceptors (Lipinski definition) is 4. The zero-order chi connectivity index (χ0) is 13.0. The number of nitrogens with zero attached hydrogens (tertiary/aromatic N) is 1. The predicted molar refractivity (Wildman–Crippen MR) is 72.5 cm³/mol. The van der Waals surface area contributed by atoms with Gasteiger partial charge in [0.15, 0.2) is 5.13 Å². The Morgan fingerprint density at radius 1 is 1.44 bits per heavy atom. The van der Waals surface area contributed by atoms with E-state index in [2.05, 4.69) is 10.3 Å². The lowest BCUT2D eigenvalue weighted by molar-refractivity contribution is 0.190. The van der Waals surface area contributed by atoms with E-state index < -0.39 is 0 Å². The molecular weight excluding hydrogens is 251 g/mol. The van der Waals surface area contributed by atoms with E-state index in [1.165, 1.54) is 17.4 Å². The van der Waals surface area contributed by atoms with Crippen LogP contribution in [0, 0.1) is 5.82 Å². The second kappa shape index (κ2) is 5.93. The Labute approximate surface area is 110 Å². The lowest BCUT2D eigenvalue weighted by Crippen LogP contribution is -2.20. The van der Waals surface area contributed by atoms with Crippen molar-refractivity contribution in [2.75, 3.05) is 19.0 Å². The fourth-order valence-corrected chi connectivity index (χ4v) is 2.46. The molecule has 0 amide bonds. The van der Waals surface area contributed by atoms with Gasteiger partial charge in [-0.25, -0.2) is 9.37 Å². The molecule has 1 aromatic heterocycles. The average molecular weight is 266 g/mol. The number of nitrogens with one attached hydrogen (secondary N) is 1. The van der Waals surface area contributed by atoms with Crippen molar-refractivity contribution >= 4 is 16.5 Å². The van der Waals surface area contributed by atoms with Crippen LogP contribution in [0.15, 0.2) is 29.6 Å². The van der Waals surface area contributed by atoms with Gasteiger partial charge in [-0.05, 0) is 19.1 Å². The van der Waals surface area contributed by atoms with E-state index in [4.69, 9.17) is 4.74 Å². The Balaban J connectivity index is 2.13. The highest BCUT2D eigenvalue weighted by atomic mass is 32.1. The SMILES string of the molecule is COC[C@H](C)Nc1nc(-c2ccccc2F)cs1. The molecule has 18 heavy (non-hydrogen) atoms. The first-order valence-electron chi connectivity index (χ1n) is 5.66. The molecule has 0 fully saturated rings. The summed E-state index contributed by atoms with van der Waals surface area (Å²) in [5.41, 5.74) is 1.19. The number of ether oxygens (including phenoxy) is 1. The molecular formula is C13H15FN2OS. The fraction of sp³-hybridized carbons (Fsp3) is 0.308. The van der Waals surface area contributed by atoms with Crippen LogP contribution in [0.1, 0.15) is 6.92 Å². The maximum atomic E-state index is 13.6. The van der Waals surface area contributed by atoms with Gasteiger partial charge in [0.2, 0.25) is 0 Å². The molecule has 1 N–H and O–H groups in total. The number of anilines is 1. The van der Waals surface area contributed by atoms with Gasteiger partial charge in [0.1, 0.15) is 5.82 Å². The molecule has 2 rings (SSSR count). The zero-order valence-corrected chi connectivity index (χ0v) is 11.1. The van der Waals surface area contributed by atoms with Crippen LogP contribution in [-0.2, 0) is 4.74 Å². The molecule has 0 aliphatic rings. The topological polar surface area (TPSA) is 34.1 Å². The first kappa shape index (κ1) is 13.0. The third-order valence-electron chi connectivity index (χ3n) is 2.44. The molecule has 3 nitrogen and oxygen atoms in total. The summed E-state index contributed by atoms with van der Waals surface area (Å²) in [4.78, 5) is 4.38. The Kier molecular flexibility index (Phi) is 4.28. The standard InChI is InChI=1S/C13H15FN2OS/c1-9(7-17-2)15-13-16-12(8-18-13)10-5-3-4-6-11(10)14/h3-6,8-9H,7H2,1-2H3,(H,15,16)/t9-/m0/s1. The predicted octanol–water partition coefficient (Wildman–Crippen LogP) is 3.40. The third-order valence-corrected chi connectivity index (χ3v) is 3.21. The molecule has 0 unspecified atom stereocenters. The van der Waals surface area contributed by atoms with Crippen molar-refractivity contribution in [2.45, 2.75) is 13.0 Å². The molecule has 0 spiro atoms. The van der Waals surface area contributed by atoms with Gasteiger partial charge in [0.05, 0.1) is 12.3 Å². The van der Waals surface area contributed by atoms with Crippen LogP contribution in [0.25, 0.3) is 11.3 Å². The van der Waals surface area contributed by atoms with Crippen molar-refractivity contribution in [3.05, 3.63) is 35.5 Å². The van der Waals surface area contributed by atoms with Crippen molar-refractivity contribution in [3.8, 4) is 11.3 Å². The third kappa shape index (κ3) is 3.05. The van der Waals surface area contributed by atoms with E-state index >= 15 is 0 Å². The largest absolute Gasteiger partial charge is 0.383 e. The smallest absolute Gasteiger partial charge is 0.183 e. The minimum atomic E-state index is -0.251. The number of halogens is 1. The van der Waals surface area contributed by atoms with Crippen LogP contribution < -0.4 is 5.32 Å². The Morgan fingerprint density at radius 3 is 2.94 bits per heavy atom. The van der Waals surface area contributed by atoms with Gasteiger partial charge < -0.3 is 10.1 Å². The summed E-state index contributed by atoms with van der Waals surface area (Å²) in [5.74, 6) is -0.251. The molecule has 0 saturated carbocycles. The Morgan fingerprint density at radius 2 is 2.22 bits per heavy atom. The van der Waals surface area contributed by atoms with Crippen molar-refractivity contribution < 1.29 is 9.13 Å². The van der Waals surface area contributed by atoms with E-state index in [0.717, 1.165) is 5.13 Å². The minimum Gasteiger partial charge on any atom is -0.383 e. The van der Waals surface area contributed by atoms with Crippen LogP contribution >= 0.6 is 11.3 Å². The number of hydrogen-bond donors (Lipinski definition) is 1. The highest BCUT2D eigenvalue weighted by molar-refractivity contribution is 7.14. The van der Waals surface area contributed by atoms with Gasteiger partial charge in [0.25, 0.3) is 0 Å². The monoisotopic (exact) mass is 266 g/mol. The molecule has 0 saturated heterocycles. The number of thiazole rings is 1. The average Bonchev–Trinajstić information content (AvgIpc) is 2.78. The lowest BCUT2D eigenvalue weighted by Gasteiger charge is -2.10. The molecule has 96 valence electrons. The van der Waals surface area contributed by atoms with E-state index in [-0.39, 0.29) is 11.9 Å². The summed E-state index contributed by atoms with van der Waals surface area (Å²) < 4.78 is 18.6. The number of benzene rings is 1. The zero-order valence-electron chi connectivity index (χ0n) is 10.3. The number of rotatable bonds is 5. The maximum Gasteiger partial charge on any atom is 0.183 e. The number of methoxy groups -OCH3 is 1. The van der Waals surface area contributed by atoms with Crippen molar-refractivity contribution in [1.82, 2.24) is 4.98 Å². The highest BCUT2D eigenvalue weighted by Crippen LogP contribution is 2.27. The van der Waals surface area contributed by atoms with Crippen LogP contribution in [0.5, 0.6) is 0 Å². The maximum absolute atomic E-state index is 13.6. The first-order chi connectivity index (χ1) is 8.70. The summed E-state index contributed by atoms with van der Waals surface area (Å²) in [5, 5.41) is 5.84. The summed E-state index contributed by atoms with van der Waals surface area (Å²) in [6.07, 6.45) is 0. The van der Waals surface area contributed by atoms with Crippen LogP contribution in [0.4, 0.5) is 9.52 Å². The summed E-state index contributed by atoms with van der Waals surface area (Å²) >= 11 is 1.46. The summed E-state index contributed by atoms with van der Waals surface area (Å²) in [7, 11) is 1.66. The van der Waals surface area contributed by atoms with Crippen LogP contribution in [-0.4, -0.2) is 24.7 Å². The van der Waals surface area contributed by atoms with Gasteiger partial charge >= 0.3 is 0 Å². The van der Waals surface area contributed by atoms with E-state index in [1.807, 2.05) is 12.3 Å². The van der Waals surface area contributed by atoms with Crippen molar-refractivity contribution in [1.29, 1.82) is 0 Å². The van der Waals surface area contributed by atoms with Crippen LogP contribution in [0.3, 0.4) is 0 Å². The lowest BCUT2D eigenvalue weighted by atomic mass is 10.2. The second-order valence-corrected chi connectivity index (χ2v) is 4.88. The minimum absolute atomic E-state index is 0.176. The van der Waals surface area contributed by atoms with E-state index in [0.29, 0.717) is 17.9 Å². The molecule has 1 atom stereocenters. The molecule has 1 aromatic carbocycles. The van der Waals surface area contributed by atoms with Gasteiger partial charge in [-0.2, -0.15) is 0 Å². The molecule has 1 heterocycles. The molecule has 0 bridgehead atoms. The highest BCUT2D eigenvalue weighted by Gasteiger charge is 2.10. The molecule has 0 radical (unpaired) electrons. The molecule has 0 aliphatic carbocycles. The molecule has 2 aromatic rings. The fourth-order valence-electron chi connectivity index (χ4n) is 1.64. The van der Waals surface area contributed by atoms with Gasteiger partial charge in [-0.1, -0.05) is 12.1 Å². The Bertz CT molecular complexity index is 515. The van der Waals surface area contributed by atoms with Crippen molar-refractivity contribution in [3.63, 3.8) is 0 Å². The van der Waals surface area contributed by atoms with Gasteiger partial charge in [-0.3, -0.25) is 0 Å². The van der Waals surface area contributed by atoms with E-state index in [9.17, 15) is 4.39 Å². The normalized spacial score (nSPS) is 12.4. The molecule has 5 heteroatoms. The van der Waals surface area contributed by atoms with E-state index in [1.54, 1.807) is 25.3 Å². The summed E-state index contributed by atoms with van der Waals surface area (Å²) in [6.45, 7) is 2.61. The number of aromatic nitrogens is 1.